The Bertz CT molecular complexity index is 1140. The minimum absolute atomic E-state index is 0.158. The third kappa shape index (κ3) is 4.31. The van der Waals surface area contributed by atoms with Crippen molar-refractivity contribution in [3.05, 3.63) is 64.7 Å². The molecule has 0 bridgehead atoms. The van der Waals surface area contributed by atoms with Crippen molar-refractivity contribution < 1.29 is 9.59 Å². The molecule has 0 spiro atoms. The van der Waals surface area contributed by atoms with Crippen molar-refractivity contribution in [2.75, 3.05) is 23.3 Å². The lowest BCUT2D eigenvalue weighted by Gasteiger charge is -2.25. The predicted molar refractivity (Wildman–Crippen MR) is 124 cm³/mol. The second kappa shape index (κ2) is 8.72. The number of nitrogens with one attached hydrogen (secondary N) is 2. The Morgan fingerprint density at radius 3 is 2.81 bits per heavy atom. The molecule has 1 aromatic heterocycles. The number of fused-ring (bicyclic) bond motifs is 2. The third-order valence-corrected chi connectivity index (χ3v) is 7.64. The molecule has 1 fully saturated rings. The maximum Gasteiger partial charge on any atom is 0.256 e. The van der Waals surface area contributed by atoms with Gasteiger partial charge in [0, 0.05) is 39.5 Å². The monoisotopic (exact) mass is 450 g/mol. The van der Waals surface area contributed by atoms with Crippen LogP contribution in [0.2, 0.25) is 0 Å². The summed E-state index contributed by atoms with van der Waals surface area (Å²) < 4.78 is 0. The second-order valence-corrected chi connectivity index (χ2v) is 9.78. The summed E-state index contributed by atoms with van der Waals surface area (Å²) in [4.78, 5) is 35.0. The van der Waals surface area contributed by atoms with Crippen LogP contribution < -0.4 is 15.5 Å². The van der Waals surface area contributed by atoms with E-state index in [4.69, 9.17) is 0 Å². The highest BCUT2D eigenvalue weighted by molar-refractivity contribution is 7.99. The lowest BCUT2D eigenvalue weighted by atomic mass is 10.1. The molecule has 2 N–H and O–H groups in total. The van der Waals surface area contributed by atoms with E-state index in [1.807, 2.05) is 36.5 Å². The molecule has 2 aliphatic rings. The van der Waals surface area contributed by atoms with Crippen LogP contribution in [-0.4, -0.2) is 29.9 Å². The van der Waals surface area contributed by atoms with Crippen molar-refractivity contribution in [2.24, 2.45) is 0 Å². The van der Waals surface area contributed by atoms with Crippen LogP contribution in [0.15, 0.2) is 58.5 Å². The van der Waals surface area contributed by atoms with E-state index in [9.17, 15) is 9.59 Å². The van der Waals surface area contributed by atoms with Gasteiger partial charge in [-0.25, -0.2) is 4.98 Å². The van der Waals surface area contributed by atoms with Crippen LogP contribution in [0.1, 0.15) is 44.9 Å². The Morgan fingerprint density at radius 2 is 1.94 bits per heavy atom. The SMILES string of the molecule is O=C(NCc1cnc(N2CCCCC2)s1)c1ccc2c(c1)NC(=O)c1ccccc1S2. The molecular formula is C23H22N4O2S2. The van der Waals surface area contributed by atoms with Gasteiger partial charge in [0.1, 0.15) is 0 Å². The van der Waals surface area contributed by atoms with Gasteiger partial charge >= 0.3 is 0 Å². The Balaban J connectivity index is 1.26. The highest BCUT2D eigenvalue weighted by atomic mass is 32.2. The molecule has 2 amide bonds. The number of piperidine rings is 1. The second-order valence-electron chi connectivity index (χ2n) is 7.60. The summed E-state index contributed by atoms with van der Waals surface area (Å²) >= 11 is 3.16. The first-order valence-corrected chi connectivity index (χ1v) is 12.0. The van der Waals surface area contributed by atoms with Crippen molar-refractivity contribution in [2.45, 2.75) is 35.6 Å². The molecule has 2 aromatic carbocycles. The Morgan fingerprint density at radius 1 is 1.10 bits per heavy atom. The van der Waals surface area contributed by atoms with Crippen LogP contribution in [0.5, 0.6) is 0 Å². The lowest BCUT2D eigenvalue weighted by Crippen LogP contribution is -2.29. The van der Waals surface area contributed by atoms with Gasteiger partial charge in [-0.3, -0.25) is 9.59 Å². The molecular weight excluding hydrogens is 428 g/mol. The average molecular weight is 451 g/mol. The zero-order chi connectivity index (χ0) is 21.2. The Hall–Kier alpha value is -2.84. The number of amides is 2. The van der Waals surface area contributed by atoms with Crippen LogP contribution in [0, 0.1) is 0 Å². The molecule has 2 aliphatic heterocycles. The van der Waals surface area contributed by atoms with Gasteiger partial charge in [-0.1, -0.05) is 23.9 Å². The molecule has 0 atom stereocenters. The highest BCUT2D eigenvalue weighted by Gasteiger charge is 2.21. The summed E-state index contributed by atoms with van der Waals surface area (Å²) in [5.41, 5.74) is 1.82. The zero-order valence-electron chi connectivity index (χ0n) is 16.9. The van der Waals surface area contributed by atoms with Gasteiger partial charge in [0.05, 0.1) is 17.8 Å². The van der Waals surface area contributed by atoms with Gasteiger partial charge in [0.2, 0.25) is 0 Å². The van der Waals surface area contributed by atoms with Crippen LogP contribution >= 0.6 is 23.1 Å². The van der Waals surface area contributed by atoms with E-state index in [0.29, 0.717) is 23.4 Å². The van der Waals surface area contributed by atoms with Crippen LogP contribution in [0.25, 0.3) is 0 Å². The van der Waals surface area contributed by atoms with Gasteiger partial charge in [-0.05, 0) is 49.6 Å². The third-order valence-electron chi connectivity index (χ3n) is 5.43. The number of benzene rings is 2. The topological polar surface area (TPSA) is 74.3 Å². The molecule has 1 saturated heterocycles. The van der Waals surface area contributed by atoms with E-state index in [1.54, 1.807) is 23.5 Å². The number of carbonyl (C=O) groups excluding carboxylic acids is 2. The van der Waals surface area contributed by atoms with Crippen LogP contribution in [0.4, 0.5) is 10.8 Å². The predicted octanol–water partition coefficient (Wildman–Crippen LogP) is 4.78. The fourth-order valence-electron chi connectivity index (χ4n) is 3.79. The lowest BCUT2D eigenvalue weighted by molar-refractivity contribution is 0.0949. The maximum atomic E-state index is 12.7. The molecule has 31 heavy (non-hydrogen) atoms. The molecule has 8 heteroatoms. The summed E-state index contributed by atoms with van der Waals surface area (Å²) in [6.07, 6.45) is 5.56. The average Bonchev–Trinajstić information content (AvgIpc) is 3.23. The largest absolute Gasteiger partial charge is 0.348 e. The van der Waals surface area contributed by atoms with E-state index in [0.717, 1.165) is 32.9 Å². The van der Waals surface area contributed by atoms with Crippen LogP contribution in [0.3, 0.4) is 0 Å². The first-order chi connectivity index (χ1) is 15.2. The van der Waals surface area contributed by atoms with E-state index < -0.39 is 0 Å². The van der Waals surface area contributed by atoms with Crippen LogP contribution in [-0.2, 0) is 6.54 Å². The van der Waals surface area contributed by atoms with Crippen molar-refractivity contribution in [1.82, 2.24) is 10.3 Å². The van der Waals surface area contributed by atoms with E-state index in [2.05, 4.69) is 20.5 Å². The van der Waals surface area contributed by atoms with Gasteiger partial charge in [-0.2, -0.15) is 0 Å². The standard InChI is InChI=1S/C23H22N4O2S2/c28-21(24-13-16-14-25-23(30-16)27-10-4-1-5-11-27)15-8-9-20-18(12-15)26-22(29)17-6-2-3-7-19(17)31-20/h2-3,6-9,12,14H,1,4-5,10-11,13H2,(H,24,28)(H,26,29). The fraction of sp³-hybridized carbons (Fsp3) is 0.261. The molecule has 0 unspecified atom stereocenters. The van der Waals surface area contributed by atoms with E-state index in [1.165, 1.54) is 31.0 Å². The number of nitrogens with zero attached hydrogens (tertiary/aromatic N) is 2. The molecule has 3 heterocycles. The first kappa shape index (κ1) is 20.1. The quantitative estimate of drug-likeness (QED) is 0.598. The Kier molecular flexibility index (Phi) is 5.65. The van der Waals surface area contributed by atoms with Gasteiger partial charge in [0.25, 0.3) is 11.8 Å². The number of carbonyl (C=O) groups is 2. The zero-order valence-corrected chi connectivity index (χ0v) is 18.5. The summed E-state index contributed by atoms with van der Waals surface area (Å²) in [6, 6.07) is 12.9. The molecule has 158 valence electrons. The van der Waals surface area contributed by atoms with Crippen molar-refractivity contribution in [1.29, 1.82) is 0 Å². The number of anilines is 2. The van der Waals surface area contributed by atoms with Crippen molar-refractivity contribution in [3.8, 4) is 0 Å². The number of rotatable bonds is 4. The number of hydrogen-bond acceptors (Lipinski definition) is 6. The maximum absolute atomic E-state index is 12.7. The normalized spacial score (nSPS) is 15.5. The number of thiazole rings is 1. The number of hydrogen-bond donors (Lipinski definition) is 2. The minimum atomic E-state index is -0.170. The van der Waals surface area contributed by atoms with Crippen molar-refractivity contribution in [3.63, 3.8) is 0 Å². The molecule has 0 saturated carbocycles. The van der Waals surface area contributed by atoms with E-state index >= 15 is 0 Å². The summed E-state index contributed by atoms with van der Waals surface area (Å²) in [7, 11) is 0. The van der Waals surface area contributed by atoms with Gasteiger partial charge in [-0.15, -0.1) is 11.3 Å². The molecule has 0 radical (unpaired) electrons. The Labute approximate surface area is 189 Å². The first-order valence-electron chi connectivity index (χ1n) is 10.4. The van der Waals surface area contributed by atoms with Gasteiger partial charge in [0.15, 0.2) is 5.13 Å². The van der Waals surface area contributed by atoms with E-state index in [-0.39, 0.29) is 11.8 Å². The molecule has 5 rings (SSSR count). The summed E-state index contributed by atoms with van der Waals surface area (Å²) in [5, 5.41) is 6.95. The van der Waals surface area contributed by atoms with Crippen molar-refractivity contribution >= 4 is 45.7 Å². The highest BCUT2D eigenvalue weighted by Crippen LogP contribution is 2.39. The number of aromatic nitrogens is 1. The molecule has 3 aromatic rings. The smallest absolute Gasteiger partial charge is 0.256 e. The minimum Gasteiger partial charge on any atom is -0.348 e. The fourth-order valence-corrected chi connectivity index (χ4v) is 5.70. The summed E-state index contributed by atoms with van der Waals surface area (Å²) in [5.74, 6) is -0.328. The van der Waals surface area contributed by atoms with Gasteiger partial charge < -0.3 is 15.5 Å². The summed E-state index contributed by atoms with van der Waals surface area (Å²) in [6.45, 7) is 2.55. The molecule has 0 aliphatic carbocycles. The molecule has 6 nitrogen and oxygen atoms in total.